The van der Waals surface area contributed by atoms with E-state index in [0.29, 0.717) is 5.02 Å². The number of aryl methyl sites for hydroxylation is 1. The molecule has 5 heteroatoms. The summed E-state index contributed by atoms with van der Waals surface area (Å²) in [5.41, 5.74) is 1.84. The minimum Gasteiger partial charge on any atom is -0.329 e. The SMILES string of the molecule is S=c1[nH]c2cc(Cl)cnc2n1CCCC1CC1. The number of halogens is 1. The van der Waals surface area contributed by atoms with Crippen LogP contribution in [0.4, 0.5) is 0 Å². The number of aromatic amines is 1. The van der Waals surface area contributed by atoms with Gasteiger partial charge in [-0.3, -0.25) is 0 Å². The van der Waals surface area contributed by atoms with E-state index in [9.17, 15) is 0 Å². The summed E-state index contributed by atoms with van der Waals surface area (Å²) in [7, 11) is 0. The van der Waals surface area contributed by atoms with Crippen LogP contribution in [-0.4, -0.2) is 14.5 Å². The highest BCUT2D eigenvalue weighted by Crippen LogP contribution is 2.33. The monoisotopic (exact) mass is 267 g/mol. The van der Waals surface area contributed by atoms with Crippen LogP contribution in [-0.2, 0) is 6.54 Å². The summed E-state index contributed by atoms with van der Waals surface area (Å²) >= 11 is 11.2. The molecule has 0 bridgehead atoms. The minimum atomic E-state index is 0.638. The summed E-state index contributed by atoms with van der Waals surface area (Å²) in [6.07, 6.45) is 6.97. The van der Waals surface area contributed by atoms with E-state index in [1.54, 1.807) is 6.20 Å². The summed E-state index contributed by atoms with van der Waals surface area (Å²) in [6, 6.07) is 1.87. The van der Waals surface area contributed by atoms with Gasteiger partial charge >= 0.3 is 0 Å². The molecule has 3 nitrogen and oxygen atoms in total. The van der Waals surface area contributed by atoms with Gasteiger partial charge in [-0.15, -0.1) is 0 Å². The second-order valence-corrected chi connectivity index (χ2v) is 5.52. The summed E-state index contributed by atoms with van der Waals surface area (Å²) in [6.45, 7) is 0.948. The number of fused-ring (bicyclic) bond motifs is 1. The van der Waals surface area contributed by atoms with Crippen molar-refractivity contribution in [3.63, 3.8) is 0 Å². The Bertz CT molecular complexity index is 597. The fraction of sp³-hybridized carbons (Fsp3) is 0.500. The zero-order valence-corrected chi connectivity index (χ0v) is 11.0. The van der Waals surface area contributed by atoms with Gasteiger partial charge in [-0.2, -0.15) is 0 Å². The topological polar surface area (TPSA) is 33.6 Å². The van der Waals surface area contributed by atoms with Gasteiger partial charge in [-0.25, -0.2) is 4.98 Å². The van der Waals surface area contributed by atoms with E-state index >= 15 is 0 Å². The van der Waals surface area contributed by atoms with Crippen molar-refractivity contribution in [2.45, 2.75) is 32.2 Å². The number of rotatable bonds is 4. The van der Waals surface area contributed by atoms with Crippen LogP contribution < -0.4 is 0 Å². The van der Waals surface area contributed by atoms with E-state index in [4.69, 9.17) is 23.8 Å². The summed E-state index contributed by atoms with van der Waals surface area (Å²) < 4.78 is 2.81. The fourth-order valence-corrected chi connectivity index (χ4v) is 2.62. The lowest BCUT2D eigenvalue weighted by atomic mass is 10.2. The molecule has 3 rings (SSSR count). The molecule has 90 valence electrons. The maximum absolute atomic E-state index is 5.91. The van der Waals surface area contributed by atoms with Crippen molar-refractivity contribution in [1.29, 1.82) is 0 Å². The average Bonchev–Trinajstić information content (AvgIpc) is 3.04. The molecule has 2 aromatic rings. The van der Waals surface area contributed by atoms with Gasteiger partial charge in [-0.1, -0.05) is 24.4 Å². The molecule has 2 heterocycles. The van der Waals surface area contributed by atoms with Gasteiger partial charge in [0.05, 0.1) is 10.5 Å². The van der Waals surface area contributed by atoms with E-state index in [1.807, 2.05) is 6.07 Å². The van der Waals surface area contributed by atoms with Gasteiger partial charge in [0.15, 0.2) is 10.4 Å². The van der Waals surface area contributed by atoms with Crippen LogP contribution in [0.15, 0.2) is 12.3 Å². The molecule has 0 aliphatic heterocycles. The first kappa shape index (κ1) is 11.2. The highest BCUT2D eigenvalue weighted by atomic mass is 35.5. The lowest BCUT2D eigenvalue weighted by molar-refractivity contribution is 0.580. The van der Waals surface area contributed by atoms with E-state index in [1.165, 1.54) is 25.7 Å². The highest BCUT2D eigenvalue weighted by Gasteiger charge is 2.20. The van der Waals surface area contributed by atoms with Crippen LogP contribution in [0.2, 0.25) is 5.02 Å². The molecule has 0 unspecified atom stereocenters. The molecule has 1 aliphatic rings. The quantitative estimate of drug-likeness (QED) is 0.852. The molecule has 1 fully saturated rings. The highest BCUT2D eigenvalue weighted by molar-refractivity contribution is 7.71. The molecule has 1 saturated carbocycles. The van der Waals surface area contributed by atoms with Crippen molar-refractivity contribution < 1.29 is 0 Å². The van der Waals surface area contributed by atoms with Gasteiger partial charge in [0.1, 0.15) is 0 Å². The Kier molecular flexibility index (Phi) is 2.92. The van der Waals surface area contributed by atoms with Crippen molar-refractivity contribution >= 4 is 35.0 Å². The van der Waals surface area contributed by atoms with E-state index in [2.05, 4.69) is 14.5 Å². The third kappa shape index (κ3) is 2.38. The Hall–Kier alpha value is -0.870. The van der Waals surface area contributed by atoms with E-state index in [-0.39, 0.29) is 0 Å². The van der Waals surface area contributed by atoms with Crippen LogP contribution >= 0.6 is 23.8 Å². The molecule has 1 aliphatic carbocycles. The van der Waals surface area contributed by atoms with Crippen LogP contribution in [0.5, 0.6) is 0 Å². The van der Waals surface area contributed by atoms with Gasteiger partial charge in [0.2, 0.25) is 0 Å². The largest absolute Gasteiger partial charge is 0.329 e. The summed E-state index contributed by atoms with van der Waals surface area (Å²) in [5.74, 6) is 0.969. The van der Waals surface area contributed by atoms with Crippen LogP contribution in [0.1, 0.15) is 25.7 Å². The van der Waals surface area contributed by atoms with E-state index < -0.39 is 0 Å². The molecular weight excluding hydrogens is 254 g/mol. The van der Waals surface area contributed by atoms with Crippen LogP contribution in [0, 0.1) is 10.7 Å². The predicted octanol–water partition coefficient (Wildman–Crippen LogP) is 3.94. The second kappa shape index (κ2) is 4.42. The molecule has 0 aromatic carbocycles. The molecule has 0 atom stereocenters. The molecule has 0 spiro atoms. The average molecular weight is 268 g/mol. The molecule has 0 amide bonds. The Morgan fingerprint density at radius 3 is 3.12 bits per heavy atom. The van der Waals surface area contributed by atoms with Gasteiger partial charge < -0.3 is 9.55 Å². The molecule has 17 heavy (non-hydrogen) atoms. The number of pyridine rings is 1. The zero-order valence-electron chi connectivity index (χ0n) is 9.45. The smallest absolute Gasteiger partial charge is 0.179 e. The van der Waals surface area contributed by atoms with Gasteiger partial charge in [0, 0.05) is 12.7 Å². The Labute approximate surface area is 110 Å². The zero-order chi connectivity index (χ0) is 11.8. The van der Waals surface area contributed by atoms with Crippen LogP contribution in [0.3, 0.4) is 0 Å². The van der Waals surface area contributed by atoms with Crippen molar-refractivity contribution in [2.75, 3.05) is 0 Å². The number of nitrogens with one attached hydrogen (secondary N) is 1. The number of aromatic nitrogens is 3. The molecule has 2 aromatic heterocycles. The number of nitrogens with zero attached hydrogens (tertiary/aromatic N) is 2. The lowest BCUT2D eigenvalue weighted by Gasteiger charge is -2.03. The van der Waals surface area contributed by atoms with Gasteiger partial charge in [0.25, 0.3) is 0 Å². The van der Waals surface area contributed by atoms with Crippen molar-refractivity contribution in [3.05, 3.63) is 22.1 Å². The van der Waals surface area contributed by atoms with Gasteiger partial charge in [-0.05, 0) is 37.0 Å². The Balaban J connectivity index is 1.86. The molecule has 1 N–H and O–H groups in total. The normalized spacial score (nSPS) is 15.6. The fourth-order valence-electron chi connectivity index (χ4n) is 2.17. The number of H-pyrrole nitrogens is 1. The van der Waals surface area contributed by atoms with Crippen molar-refractivity contribution in [2.24, 2.45) is 5.92 Å². The van der Waals surface area contributed by atoms with Crippen molar-refractivity contribution in [1.82, 2.24) is 14.5 Å². The lowest BCUT2D eigenvalue weighted by Crippen LogP contribution is -1.99. The molecule has 0 radical (unpaired) electrons. The standard InChI is InChI=1S/C12H14ClN3S/c13-9-6-10-11(14-7-9)16(12(17)15-10)5-1-2-8-3-4-8/h6-8H,1-5H2,(H,15,17). The summed E-state index contributed by atoms with van der Waals surface area (Å²) in [5, 5.41) is 0.638. The second-order valence-electron chi connectivity index (χ2n) is 4.69. The Morgan fingerprint density at radius 1 is 1.53 bits per heavy atom. The predicted molar refractivity (Wildman–Crippen MR) is 71.9 cm³/mol. The van der Waals surface area contributed by atoms with Crippen molar-refractivity contribution in [3.8, 4) is 0 Å². The Morgan fingerprint density at radius 2 is 2.35 bits per heavy atom. The first-order valence-corrected chi connectivity index (χ1v) is 6.77. The maximum atomic E-state index is 5.91. The van der Waals surface area contributed by atoms with E-state index in [0.717, 1.165) is 28.4 Å². The minimum absolute atomic E-state index is 0.638. The first-order valence-electron chi connectivity index (χ1n) is 5.98. The number of hydrogen-bond donors (Lipinski definition) is 1. The molecule has 0 saturated heterocycles. The first-order chi connectivity index (χ1) is 8.24. The third-order valence-electron chi connectivity index (χ3n) is 3.27. The molecular formula is C12H14ClN3S. The third-order valence-corrected chi connectivity index (χ3v) is 3.80. The number of hydrogen-bond acceptors (Lipinski definition) is 2. The summed E-state index contributed by atoms with van der Waals surface area (Å²) in [4.78, 5) is 7.50. The number of imidazole rings is 1. The van der Waals surface area contributed by atoms with Crippen LogP contribution in [0.25, 0.3) is 11.2 Å². The maximum Gasteiger partial charge on any atom is 0.179 e.